The minimum Gasteiger partial charge on any atom is -0.354 e. The molecule has 1 aliphatic carbocycles. The zero-order chi connectivity index (χ0) is 20.1. The first-order valence-electron chi connectivity index (χ1n) is 10.0. The Morgan fingerprint density at radius 1 is 1.25 bits per heavy atom. The molecule has 3 rings (SSSR count). The van der Waals surface area contributed by atoms with E-state index in [2.05, 4.69) is 51.5 Å². The molecule has 0 atom stereocenters. The summed E-state index contributed by atoms with van der Waals surface area (Å²) in [5.41, 5.74) is 3.59. The maximum atomic E-state index is 12.3. The third-order valence-electron chi connectivity index (χ3n) is 5.28. The number of fused-ring (bicyclic) bond motifs is 1. The van der Waals surface area contributed by atoms with Gasteiger partial charge < -0.3 is 5.32 Å². The number of tetrazole rings is 1. The maximum Gasteiger partial charge on any atom is 0.241 e. The number of aryl methyl sites for hydroxylation is 2. The number of nitrogens with zero attached hydrogens (tertiary/aromatic N) is 7. The molecule has 1 amide bonds. The zero-order valence-electron chi connectivity index (χ0n) is 17.3. The van der Waals surface area contributed by atoms with Crippen LogP contribution in [0.3, 0.4) is 0 Å². The van der Waals surface area contributed by atoms with Crippen molar-refractivity contribution in [3.05, 3.63) is 28.6 Å². The summed E-state index contributed by atoms with van der Waals surface area (Å²) in [5, 5.41) is 14.6. The molecule has 0 aromatic carbocycles. The number of hydrogen-bond acceptors (Lipinski definition) is 7. The smallest absolute Gasteiger partial charge is 0.241 e. The van der Waals surface area contributed by atoms with Gasteiger partial charge in [0.15, 0.2) is 5.82 Å². The average Bonchev–Trinajstić information content (AvgIpc) is 3.08. The molecule has 2 aromatic heterocycles. The van der Waals surface area contributed by atoms with Crippen molar-refractivity contribution in [1.82, 2.24) is 40.4 Å². The van der Waals surface area contributed by atoms with Crippen LogP contribution in [0.1, 0.15) is 55.3 Å². The first-order chi connectivity index (χ1) is 13.4. The normalized spacial score (nSPS) is 13.8. The molecule has 0 radical (unpaired) electrons. The Hall–Kier alpha value is -2.42. The van der Waals surface area contributed by atoms with Gasteiger partial charge >= 0.3 is 0 Å². The minimum atomic E-state index is -0.115. The number of nitrogens with one attached hydrogen (secondary N) is 1. The standard InChI is InChI=1S/C19H30N8O/c1-13(2)26(4)11-18-23-24-25-27(18)12-19(28)20-10-9-17-21-14(3)15-7-5-6-8-16(15)22-17/h13H,5-12H2,1-4H3,(H,20,28). The van der Waals surface area contributed by atoms with E-state index in [1.165, 1.54) is 24.1 Å². The summed E-state index contributed by atoms with van der Waals surface area (Å²) >= 11 is 0. The molecule has 0 bridgehead atoms. The monoisotopic (exact) mass is 386 g/mol. The Bertz CT molecular complexity index is 816. The lowest BCUT2D eigenvalue weighted by Crippen LogP contribution is -2.32. The van der Waals surface area contributed by atoms with Crippen LogP contribution in [0.5, 0.6) is 0 Å². The van der Waals surface area contributed by atoms with Crippen molar-refractivity contribution in [2.45, 2.75) is 72.0 Å². The lowest BCUT2D eigenvalue weighted by molar-refractivity contribution is -0.121. The van der Waals surface area contributed by atoms with Gasteiger partial charge in [-0.25, -0.2) is 14.6 Å². The van der Waals surface area contributed by atoms with Crippen molar-refractivity contribution in [2.75, 3.05) is 13.6 Å². The highest BCUT2D eigenvalue weighted by atomic mass is 16.2. The van der Waals surface area contributed by atoms with Crippen molar-refractivity contribution < 1.29 is 4.79 Å². The van der Waals surface area contributed by atoms with Gasteiger partial charge in [0.1, 0.15) is 12.4 Å². The van der Waals surface area contributed by atoms with Crippen molar-refractivity contribution in [3.8, 4) is 0 Å². The summed E-state index contributed by atoms with van der Waals surface area (Å²) in [5.74, 6) is 1.37. The molecule has 2 aromatic rings. The first-order valence-corrected chi connectivity index (χ1v) is 10.0. The van der Waals surface area contributed by atoms with Gasteiger partial charge in [0, 0.05) is 30.4 Å². The van der Waals surface area contributed by atoms with E-state index in [0.717, 1.165) is 24.4 Å². The van der Waals surface area contributed by atoms with Crippen LogP contribution in [0.15, 0.2) is 0 Å². The highest BCUT2D eigenvalue weighted by Crippen LogP contribution is 2.21. The van der Waals surface area contributed by atoms with E-state index >= 15 is 0 Å². The molecule has 0 saturated carbocycles. The highest BCUT2D eigenvalue weighted by molar-refractivity contribution is 5.75. The third kappa shape index (κ3) is 5.09. The van der Waals surface area contributed by atoms with Crippen LogP contribution >= 0.6 is 0 Å². The van der Waals surface area contributed by atoms with Crippen LogP contribution in [-0.4, -0.2) is 60.6 Å². The molecule has 0 fully saturated rings. The van der Waals surface area contributed by atoms with Crippen molar-refractivity contribution in [3.63, 3.8) is 0 Å². The van der Waals surface area contributed by atoms with E-state index in [1.54, 1.807) is 4.68 Å². The molecule has 9 heteroatoms. The fourth-order valence-electron chi connectivity index (χ4n) is 3.33. The van der Waals surface area contributed by atoms with E-state index < -0.39 is 0 Å². The van der Waals surface area contributed by atoms with Crippen LogP contribution in [0.25, 0.3) is 0 Å². The largest absolute Gasteiger partial charge is 0.354 e. The van der Waals surface area contributed by atoms with E-state index in [0.29, 0.717) is 31.4 Å². The molecule has 1 N–H and O–H groups in total. The Kier molecular flexibility index (Phi) is 6.66. The summed E-state index contributed by atoms with van der Waals surface area (Å²) < 4.78 is 1.55. The van der Waals surface area contributed by atoms with Crippen LogP contribution < -0.4 is 5.32 Å². The summed E-state index contributed by atoms with van der Waals surface area (Å²) in [6.07, 6.45) is 5.15. The van der Waals surface area contributed by atoms with Gasteiger partial charge in [0.25, 0.3) is 0 Å². The predicted octanol–water partition coefficient (Wildman–Crippen LogP) is 0.849. The van der Waals surface area contributed by atoms with Crippen molar-refractivity contribution >= 4 is 5.91 Å². The summed E-state index contributed by atoms with van der Waals surface area (Å²) in [4.78, 5) is 23.7. The number of aromatic nitrogens is 6. The van der Waals surface area contributed by atoms with E-state index in [4.69, 9.17) is 4.98 Å². The number of carbonyl (C=O) groups excluding carboxylic acids is 1. The van der Waals surface area contributed by atoms with Crippen molar-refractivity contribution in [2.24, 2.45) is 0 Å². The van der Waals surface area contributed by atoms with Gasteiger partial charge in [-0.2, -0.15) is 0 Å². The lowest BCUT2D eigenvalue weighted by Gasteiger charge is -2.19. The molecule has 0 spiro atoms. The number of rotatable bonds is 8. The summed E-state index contributed by atoms with van der Waals surface area (Å²) in [6.45, 7) is 7.47. The Balaban J connectivity index is 1.51. The summed E-state index contributed by atoms with van der Waals surface area (Å²) in [7, 11) is 2.00. The van der Waals surface area contributed by atoms with Crippen molar-refractivity contribution in [1.29, 1.82) is 0 Å². The van der Waals surface area contributed by atoms with Gasteiger partial charge in [-0.15, -0.1) is 5.10 Å². The zero-order valence-corrected chi connectivity index (χ0v) is 17.3. The second-order valence-electron chi connectivity index (χ2n) is 7.72. The van der Waals surface area contributed by atoms with Crippen LogP contribution in [-0.2, 0) is 37.1 Å². The van der Waals surface area contributed by atoms with Crippen LogP contribution in [0.2, 0.25) is 0 Å². The minimum absolute atomic E-state index is 0.109. The fourth-order valence-corrected chi connectivity index (χ4v) is 3.33. The number of amides is 1. The highest BCUT2D eigenvalue weighted by Gasteiger charge is 2.16. The van der Waals surface area contributed by atoms with Gasteiger partial charge in [-0.05, 0) is 69.5 Å². The molecule has 0 saturated heterocycles. The van der Waals surface area contributed by atoms with Gasteiger partial charge in [-0.1, -0.05) is 0 Å². The molecular formula is C19H30N8O. The first kappa shape index (κ1) is 20.3. The van der Waals surface area contributed by atoms with Gasteiger partial charge in [-0.3, -0.25) is 9.69 Å². The van der Waals surface area contributed by atoms with E-state index in [9.17, 15) is 4.79 Å². The topological polar surface area (TPSA) is 102 Å². The molecular weight excluding hydrogens is 356 g/mol. The lowest BCUT2D eigenvalue weighted by atomic mass is 9.95. The second-order valence-corrected chi connectivity index (χ2v) is 7.72. The molecule has 1 aliphatic rings. The molecule has 0 aliphatic heterocycles. The predicted molar refractivity (Wildman–Crippen MR) is 105 cm³/mol. The Morgan fingerprint density at radius 3 is 2.82 bits per heavy atom. The number of hydrogen-bond donors (Lipinski definition) is 1. The molecule has 28 heavy (non-hydrogen) atoms. The quantitative estimate of drug-likeness (QED) is 0.717. The second kappa shape index (κ2) is 9.18. The summed E-state index contributed by atoms with van der Waals surface area (Å²) in [6, 6.07) is 0.374. The van der Waals surface area contributed by atoms with Gasteiger partial charge in [0.2, 0.25) is 5.91 Å². The molecule has 152 valence electrons. The van der Waals surface area contributed by atoms with Crippen LogP contribution in [0, 0.1) is 6.92 Å². The molecule has 9 nitrogen and oxygen atoms in total. The maximum absolute atomic E-state index is 12.3. The van der Waals surface area contributed by atoms with E-state index in [1.807, 2.05) is 7.05 Å². The third-order valence-corrected chi connectivity index (χ3v) is 5.28. The fraction of sp³-hybridized carbons (Fsp3) is 0.684. The number of carbonyl (C=O) groups is 1. The van der Waals surface area contributed by atoms with Crippen LogP contribution in [0.4, 0.5) is 0 Å². The van der Waals surface area contributed by atoms with E-state index in [-0.39, 0.29) is 12.5 Å². The van der Waals surface area contributed by atoms with Gasteiger partial charge in [0.05, 0.1) is 6.54 Å². The molecule has 2 heterocycles. The SMILES string of the molecule is Cc1nc(CCNC(=O)Cn2nnnc2CN(C)C(C)C)nc2c1CCCC2. The molecule has 0 unspecified atom stereocenters. The Labute approximate surface area is 165 Å². The Morgan fingerprint density at radius 2 is 2.04 bits per heavy atom. The average molecular weight is 387 g/mol.